The van der Waals surface area contributed by atoms with Crippen LogP contribution in [0.25, 0.3) is 0 Å². The molecule has 0 unspecified atom stereocenters. The summed E-state index contributed by atoms with van der Waals surface area (Å²) < 4.78 is 6.48. The molecule has 0 bridgehead atoms. The number of nitrogens with one attached hydrogen (secondary N) is 1. The first-order chi connectivity index (χ1) is 8.15. The zero-order chi connectivity index (χ0) is 12.8. The van der Waals surface area contributed by atoms with Crippen molar-refractivity contribution < 1.29 is 14.4 Å². The molecule has 8 nitrogen and oxygen atoms in total. The van der Waals surface area contributed by atoms with Crippen molar-refractivity contribution in [2.45, 2.75) is 13.8 Å². The molecule has 0 radical (unpaired) electrons. The highest BCUT2D eigenvalue weighted by Gasteiger charge is 2.19. The molecule has 0 aliphatic carbocycles. The molecule has 0 aliphatic heterocycles. The highest BCUT2D eigenvalue weighted by molar-refractivity contribution is 6.18. The van der Waals surface area contributed by atoms with Crippen LogP contribution in [0.15, 0.2) is 4.79 Å². The number of aromatic nitrogens is 3. The normalized spacial score (nSPS) is 10.1. The highest BCUT2D eigenvalue weighted by atomic mass is 35.5. The Balaban J connectivity index is 3.11. The Kier molecular flexibility index (Phi) is 4.83. The van der Waals surface area contributed by atoms with Gasteiger partial charge >= 0.3 is 17.7 Å². The van der Waals surface area contributed by atoms with Gasteiger partial charge in [-0.05, 0) is 13.8 Å². The molecular formula is C8H13ClN4O4. The van der Waals surface area contributed by atoms with E-state index in [1.165, 1.54) is 0 Å². The first-order valence-electron chi connectivity index (χ1n) is 4.98. The van der Waals surface area contributed by atoms with Crippen LogP contribution in [0.4, 0.5) is 4.79 Å². The molecule has 1 N–H and O–H groups in total. The van der Waals surface area contributed by atoms with E-state index in [2.05, 4.69) is 10.4 Å². The number of hydrogen-bond acceptors (Lipinski definition) is 5. The van der Waals surface area contributed by atoms with E-state index in [1.807, 2.05) is 0 Å². The highest BCUT2D eigenvalue weighted by Crippen LogP contribution is 2.01. The molecule has 1 rings (SSSR count). The number of hydrogen-bond donors (Lipinski definition) is 1. The van der Waals surface area contributed by atoms with Crippen LogP contribution in [0.5, 0.6) is 6.01 Å². The van der Waals surface area contributed by atoms with Gasteiger partial charge in [0, 0.05) is 0 Å². The van der Waals surface area contributed by atoms with Gasteiger partial charge in [0.1, 0.15) is 6.61 Å². The summed E-state index contributed by atoms with van der Waals surface area (Å²) in [6.45, 7) is 3.94. The number of carbonyl (C=O) groups is 1. The van der Waals surface area contributed by atoms with E-state index in [4.69, 9.17) is 21.2 Å². The Morgan fingerprint density at radius 2 is 2.18 bits per heavy atom. The number of nitrogens with zero attached hydrogens (tertiary/aromatic N) is 3. The van der Waals surface area contributed by atoms with Gasteiger partial charge in [-0.25, -0.2) is 9.59 Å². The Morgan fingerprint density at radius 1 is 1.47 bits per heavy atom. The molecule has 0 saturated carbocycles. The maximum absolute atomic E-state index is 11.7. The van der Waals surface area contributed by atoms with E-state index in [9.17, 15) is 9.59 Å². The largest absolute Gasteiger partial charge is 0.462 e. The summed E-state index contributed by atoms with van der Waals surface area (Å²) in [4.78, 5) is 28.2. The summed E-state index contributed by atoms with van der Waals surface area (Å²) >= 11 is 5.32. The van der Waals surface area contributed by atoms with Gasteiger partial charge < -0.3 is 14.9 Å². The number of alkyl halides is 1. The molecule has 0 saturated heterocycles. The standard InChI is InChI=1S/C8H13ClN4O4/c1-3-16-7-11-12(6(14)10-5-9)8(15)13(7)17-4-2/h3-5H2,1-2H3,(H,10,14). The summed E-state index contributed by atoms with van der Waals surface area (Å²) in [6.07, 6.45) is 0. The monoisotopic (exact) mass is 264 g/mol. The SMILES string of the molecule is CCOc1nn(C(=O)NCCl)c(=O)n1OCC. The minimum atomic E-state index is -0.752. The maximum Gasteiger partial charge on any atom is 0.391 e. The average molecular weight is 265 g/mol. The lowest BCUT2D eigenvalue weighted by molar-refractivity contribution is 0.0859. The van der Waals surface area contributed by atoms with Crippen LogP contribution in [-0.2, 0) is 0 Å². The van der Waals surface area contributed by atoms with Crippen molar-refractivity contribution in [2.24, 2.45) is 0 Å². The zero-order valence-electron chi connectivity index (χ0n) is 9.47. The van der Waals surface area contributed by atoms with Crippen LogP contribution in [0.3, 0.4) is 0 Å². The molecular weight excluding hydrogens is 252 g/mol. The van der Waals surface area contributed by atoms with E-state index >= 15 is 0 Å². The molecule has 17 heavy (non-hydrogen) atoms. The molecule has 0 atom stereocenters. The van der Waals surface area contributed by atoms with Crippen LogP contribution in [-0.4, -0.2) is 39.8 Å². The molecule has 0 aromatic carbocycles. The molecule has 96 valence electrons. The molecule has 1 heterocycles. The molecule has 0 spiro atoms. The first-order valence-corrected chi connectivity index (χ1v) is 5.51. The third-order valence-electron chi connectivity index (χ3n) is 1.66. The summed E-state index contributed by atoms with van der Waals surface area (Å²) in [5, 5.41) is 5.92. The quantitative estimate of drug-likeness (QED) is 0.580. The molecule has 1 aromatic heterocycles. The number of amides is 1. The van der Waals surface area contributed by atoms with Crippen molar-refractivity contribution in [1.29, 1.82) is 0 Å². The average Bonchev–Trinajstić information content (AvgIpc) is 2.59. The number of rotatable bonds is 5. The Bertz CT molecular complexity index is 441. The van der Waals surface area contributed by atoms with Gasteiger partial charge in [-0.1, -0.05) is 4.73 Å². The van der Waals surface area contributed by atoms with Crippen molar-refractivity contribution in [3.8, 4) is 6.01 Å². The van der Waals surface area contributed by atoms with Crippen molar-refractivity contribution in [1.82, 2.24) is 19.8 Å². The van der Waals surface area contributed by atoms with Gasteiger partial charge in [-0.15, -0.1) is 21.4 Å². The van der Waals surface area contributed by atoms with Crippen molar-refractivity contribution >= 4 is 17.6 Å². The third kappa shape index (κ3) is 2.90. The summed E-state index contributed by atoms with van der Waals surface area (Å²) in [6, 6.07) is -0.954. The number of halogens is 1. The van der Waals surface area contributed by atoms with E-state index in [0.717, 1.165) is 4.73 Å². The minimum absolute atomic E-state index is 0.0796. The van der Waals surface area contributed by atoms with Gasteiger partial charge in [-0.2, -0.15) is 0 Å². The lowest BCUT2D eigenvalue weighted by Gasteiger charge is -2.03. The van der Waals surface area contributed by atoms with Crippen molar-refractivity contribution in [3.63, 3.8) is 0 Å². The molecule has 0 aliphatic rings. The zero-order valence-corrected chi connectivity index (χ0v) is 10.2. The summed E-state index contributed by atoms with van der Waals surface area (Å²) in [5.74, 6) is 0. The summed E-state index contributed by atoms with van der Waals surface area (Å²) in [7, 11) is 0. The Labute approximate surface area is 102 Å². The first kappa shape index (κ1) is 13.4. The van der Waals surface area contributed by atoms with Crippen molar-refractivity contribution in [2.75, 3.05) is 19.2 Å². The predicted octanol–water partition coefficient (Wildman–Crippen LogP) is -0.354. The van der Waals surface area contributed by atoms with Gasteiger partial charge in [-0.3, -0.25) is 0 Å². The third-order valence-corrected chi connectivity index (χ3v) is 1.79. The predicted molar refractivity (Wildman–Crippen MR) is 59.4 cm³/mol. The van der Waals surface area contributed by atoms with Crippen LogP contribution >= 0.6 is 11.6 Å². The van der Waals surface area contributed by atoms with Crippen LogP contribution in [0.1, 0.15) is 13.8 Å². The van der Waals surface area contributed by atoms with Crippen LogP contribution in [0.2, 0.25) is 0 Å². The van der Waals surface area contributed by atoms with E-state index in [1.54, 1.807) is 13.8 Å². The lowest BCUT2D eigenvalue weighted by atomic mass is 10.9. The minimum Gasteiger partial charge on any atom is -0.462 e. The number of ether oxygens (including phenoxy) is 1. The lowest BCUT2D eigenvalue weighted by Crippen LogP contribution is -2.38. The second-order valence-corrected chi connectivity index (χ2v) is 3.00. The topological polar surface area (TPSA) is 87.4 Å². The van der Waals surface area contributed by atoms with Gasteiger partial charge in [0.25, 0.3) is 0 Å². The second kappa shape index (κ2) is 6.14. The van der Waals surface area contributed by atoms with Crippen molar-refractivity contribution in [3.05, 3.63) is 10.5 Å². The van der Waals surface area contributed by atoms with E-state index < -0.39 is 11.7 Å². The second-order valence-electron chi connectivity index (χ2n) is 2.74. The Hall–Kier alpha value is -1.70. The van der Waals surface area contributed by atoms with Gasteiger partial charge in [0.2, 0.25) is 0 Å². The summed E-state index contributed by atoms with van der Waals surface area (Å²) in [5.41, 5.74) is -0.752. The van der Waals surface area contributed by atoms with Crippen LogP contribution in [0, 0.1) is 0 Å². The molecule has 1 amide bonds. The fourth-order valence-electron chi connectivity index (χ4n) is 1.06. The smallest absolute Gasteiger partial charge is 0.391 e. The number of carbonyl (C=O) groups excluding carboxylic acids is 1. The molecule has 0 fully saturated rings. The van der Waals surface area contributed by atoms with E-state index in [-0.39, 0.29) is 18.6 Å². The fraction of sp³-hybridized carbons (Fsp3) is 0.625. The Morgan fingerprint density at radius 3 is 2.71 bits per heavy atom. The maximum atomic E-state index is 11.7. The fourth-order valence-corrected chi connectivity index (χ4v) is 1.17. The van der Waals surface area contributed by atoms with Gasteiger partial charge in [0.05, 0.1) is 12.6 Å². The molecule has 1 aromatic rings. The van der Waals surface area contributed by atoms with Crippen LogP contribution < -0.4 is 20.6 Å². The van der Waals surface area contributed by atoms with Gasteiger partial charge in [0.15, 0.2) is 0 Å². The molecule has 9 heteroatoms. The van der Waals surface area contributed by atoms with E-state index in [0.29, 0.717) is 11.3 Å².